The van der Waals surface area contributed by atoms with Crippen LogP contribution in [-0.2, 0) is 6.42 Å². The molecule has 4 nitrogen and oxygen atoms in total. The van der Waals surface area contributed by atoms with E-state index in [2.05, 4.69) is 19.2 Å². The van der Waals surface area contributed by atoms with Crippen molar-refractivity contribution in [1.82, 2.24) is 5.32 Å². The number of non-ortho nitro benzene ring substituents is 1. The van der Waals surface area contributed by atoms with Crippen molar-refractivity contribution in [3.05, 3.63) is 39.9 Å². The summed E-state index contributed by atoms with van der Waals surface area (Å²) < 4.78 is 0. The van der Waals surface area contributed by atoms with Crippen molar-refractivity contribution in [3.63, 3.8) is 0 Å². The smallest absolute Gasteiger partial charge is 0.269 e. The van der Waals surface area contributed by atoms with Crippen LogP contribution in [0.5, 0.6) is 0 Å². The van der Waals surface area contributed by atoms with Gasteiger partial charge in [-0.15, -0.1) is 0 Å². The molecule has 1 aromatic carbocycles. The lowest BCUT2D eigenvalue weighted by Crippen LogP contribution is -2.13. The van der Waals surface area contributed by atoms with E-state index in [0.29, 0.717) is 0 Å². The molecule has 102 valence electrons. The number of unbranched alkanes of at least 4 members (excludes halogenated alkanes) is 1. The molecule has 1 N–H and O–H groups in total. The molecule has 0 heterocycles. The predicted octanol–water partition coefficient (Wildman–Crippen LogP) is 3.55. The molecule has 1 aromatic rings. The highest BCUT2D eigenvalue weighted by Crippen LogP contribution is 2.12. The van der Waals surface area contributed by atoms with Gasteiger partial charge in [-0.3, -0.25) is 10.1 Å². The summed E-state index contributed by atoms with van der Waals surface area (Å²) >= 11 is 0. The summed E-state index contributed by atoms with van der Waals surface area (Å²) in [5.41, 5.74) is 1.17. The standard InChI is InChI=1S/C8H9NO2.C6H15N/c1-2-7-4-3-5-8(6-7)9(10)11;1-3-5-6-7-4-2/h3-6H,2H2,1H3;7H,3-6H2,1-2H3. The van der Waals surface area contributed by atoms with Crippen molar-refractivity contribution in [2.24, 2.45) is 0 Å². The fraction of sp³-hybridized carbons (Fsp3) is 0.571. The maximum absolute atomic E-state index is 10.3. The monoisotopic (exact) mass is 252 g/mol. The first-order valence-corrected chi connectivity index (χ1v) is 6.59. The van der Waals surface area contributed by atoms with Gasteiger partial charge in [0.2, 0.25) is 0 Å². The minimum atomic E-state index is -0.376. The Labute approximate surface area is 110 Å². The number of aryl methyl sites for hydroxylation is 1. The highest BCUT2D eigenvalue weighted by atomic mass is 16.6. The molecular formula is C14H24N2O2. The van der Waals surface area contributed by atoms with Gasteiger partial charge in [0.15, 0.2) is 0 Å². The normalized spacial score (nSPS) is 9.50. The van der Waals surface area contributed by atoms with E-state index in [1.807, 2.05) is 13.0 Å². The van der Waals surface area contributed by atoms with Crippen LogP contribution < -0.4 is 5.32 Å². The third-order valence-corrected chi connectivity index (χ3v) is 2.49. The number of hydrogen-bond acceptors (Lipinski definition) is 3. The van der Waals surface area contributed by atoms with Crippen LogP contribution in [-0.4, -0.2) is 18.0 Å². The van der Waals surface area contributed by atoms with Gasteiger partial charge in [0, 0.05) is 12.1 Å². The average molecular weight is 252 g/mol. The van der Waals surface area contributed by atoms with E-state index >= 15 is 0 Å². The van der Waals surface area contributed by atoms with Gasteiger partial charge in [0.1, 0.15) is 0 Å². The molecule has 0 aliphatic rings. The fourth-order valence-electron chi connectivity index (χ4n) is 1.37. The van der Waals surface area contributed by atoms with Gasteiger partial charge in [0.25, 0.3) is 5.69 Å². The van der Waals surface area contributed by atoms with Crippen molar-refractivity contribution in [2.75, 3.05) is 13.1 Å². The molecule has 0 fully saturated rings. The third-order valence-electron chi connectivity index (χ3n) is 2.49. The number of hydrogen-bond donors (Lipinski definition) is 1. The Kier molecular flexibility index (Phi) is 9.87. The summed E-state index contributed by atoms with van der Waals surface area (Å²) in [5, 5.41) is 13.5. The lowest BCUT2D eigenvalue weighted by Gasteiger charge is -1.95. The predicted molar refractivity (Wildman–Crippen MR) is 75.9 cm³/mol. The van der Waals surface area contributed by atoms with Gasteiger partial charge in [-0.2, -0.15) is 0 Å². The molecule has 0 saturated heterocycles. The zero-order valence-corrected chi connectivity index (χ0v) is 11.6. The van der Waals surface area contributed by atoms with Crippen LogP contribution in [0, 0.1) is 10.1 Å². The lowest BCUT2D eigenvalue weighted by atomic mass is 10.1. The fourth-order valence-corrected chi connectivity index (χ4v) is 1.37. The van der Waals surface area contributed by atoms with Gasteiger partial charge < -0.3 is 5.32 Å². The maximum atomic E-state index is 10.3. The summed E-state index contributed by atoms with van der Waals surface area (Å²) in [6.45, 7) is 8.61. The second-order valence-corrected chi connectivity index (χ2v) is 3.99. The molecule has 4 heteroatoms. The van der Waals surface area contributed by atoms with Crippen molar-refractivity contribution in [2.45, 2.75) is 40.0 Å². The average Bonchev–Trinajstić information content (AvgIpc) is 2.40. The van der Waals surface area contributed by atoms with Gasteiger partial charge in [0.05, 0.1) is 4.92 Å². The molecule has 1 rings (SSSR count). The van der Waals surface area contributed by atoms with Crippen molar-refractivity contribution in [1.29, 1.82) is 0 Å². The first kappa shape index (κ1) is 16.6. The zero-order chi connectivity index (χ0) is 13.8. The Morgan fingerprint density at radius 1 is 1.28 bits per heavy atom. The lowest BCUT2D eigenvalue weighted by molar-refractivity contribution is -0.384. The van der Waals surface area contributed by atoms with Gasteiger partial charge in [-0.25, -0.2) is 0 Å². The Bertz CT molecular complexity index is 336. The molecule has 0 bridgehead atoms. The molecule has 0 spiro atoms. The molecule has 0 aromatic heterocycles. The van der Waals surface area contributed by atoms with Gasteiger partial charge >= 0.3 is 0 Å². The highest BCUT2D eigenvalue weighted by Gasteiger charge is 2.03. The quantitative estimate of drug-likeness (QED) is 0.478. The van der Waals surface area contributed by atoms with E-state index in [1.54, 1.807) is 12.1 Å². The number of nitrogens with zero attached hydrogens (tertiary/aromatic N) is 1. The molecule has 0 aliphatic heterocycles. The van der Waals surface area contributed by atoms with Crippen LogP contribution in [0.1, 0.15) is 39.2 Å². The SMILES string of the molecule is CCCCNCC.CCc1cccc([N+](=O)[O-])c1. The van der Waals surface area contributed by atoms with Gasteiger partial charge in [-0.05, 0) is 31.5 Å². The number of rotatable bonds is 6. The number of benzene rings is 1. The van der Waals surface area contributed by atoms with E-state index in [4.69, 9.17) is 0 Å². The first-order chi connectivity index (χ1) is 8.65. The molecule has 18 heavy (non-hydrogen) atoms. The second kappa shape index (κ2) is 10.7. The highest BCUT2D eigenvalue weighted by molar-refractivity contribution is 5.34. The molecular weight excluding hydrogens is 228 g/mol. The molecule has 0 atom stereocenters. The van der Waals surface area contributed by atoms with Crippen molar-refractivity contribution >= 4 is 5.69 Å². The number of nitrogens with one attached hydrogen (secondary N) is 1. The zero-order valence-electron chi connectivity index (χ0n) is 11.6. The van der Waals surface area contributed by atoms with Crippen LogP contribution in [0.2, 0.25) is 0 Å². The topological polar surface area (TPSA) is 55.2 Å². The van der Waals surface area contributed by atoms with Crippen molar-refractivity contribution in [3.8, 4) is 0 Å². The number of nitro groups is 1. The van der Waals surface area contributed by atoms with E-state index in [1.165, 1.54) is 25.5 Å². The molecule has 0 amide bonds. The molecule has 0 unspecified atom stereocenters. The first-order valence-electron chi connectivity index (χ1n) is 6.59. The van der Waals surface area contributed by atoms with E-state index in [0.717, 1.165) is 18.5 Å². The molecule has 0 radical (unpaired) electrons. The summed E-state index contributed by atoms with van der Waals surface area (Å²) in [7, 11) is 0. The van der Waals surface area contributed by atoms with E-state index in [-0.39, 0.29) is 10.6 Å². The largest absolute Gasteiger partial charge is 0.317 e. The number of nitro benzene ring substituents is 1. The Morgan fingerprint density at radius 2 is 2.00 bits per heavy atom. The summed E-state index contributed by atoms with van der Waals surface area (Å²) in [4.78, 5) is 9.90. The van der Waals surface area contributed by atoms with Crippen LogP contribution >= 0.6 is 0 Å². The molecule has 0 aliphatic carbocycles. The van der Waals surface area contributed by atoms with Crippen LogP contribution in [0.3, 0.4) is 0 Å². The minimum Gasteiger partial charge on any atom is -0.317 e. The summed E-state index contributed by atoms with van der Waals surface area (Å²) in [5.74, 6) is 0. The van der Waals surface area contributed by atoms with Crippen LogP contribution in [0.15, 0.2) is 24.3 Å². The Morgan fingerprint density at radius 3 is 2.50 bits per heavy atom. The summed E-state index contributed by atoms with van der Waals surface area (Å²) in [6, 6.07) is 6.68. The maximum Gasteiger partial charge on any atom is 0.269 e. The van der Waals surface area contributed by atoms with Crippen LogP contribution in [0.4, 0.5) is 5.69 Å². The van der Waals surface area contributed by atoms with E-state index < -0.39 is 0 Å². The molecule has 0 saturated carbocycles. The minimum absolute atomic E-state index is 0.171. The van der Waals surface area contributed by atoms with Crippen LogP contribution in [0.25, 0.3) is 0 Å². The van der Waals surface area contributed by atoms with Crippen molar-refractivity contribution < 1.29 is 4.92 Å². The Balaban J connectivity index is 0.000000360. The van der Waals surface area contributed by atoms with E-state index in [9.17, 15) is 10.1 Å². The third kappa shape index (κ3) is 7.79. The summed E-state index contributed by atoms with van der Waals surface area (Å²) in [6.07, 6.45) is 3.45. The second-order valence-electron chi connectivity index (χ2n) is 3.99. The Hall–Kier alpha value is -1.42. The van der Waals surface area contributed by atoms with Gasteiger partial charge in [-0.1, -0.05) is 39.3 Å².